The lowest BCUT2D eigenvalue weighted by atomic mass is 10.2. The van der Waals surface area contributed by atoms with Crippen molar-refractivity contribution in [1.29, 1.82) is 0 Å². The number of hydrogen-bond donors (Lipinski definition) is 0. The molecule has 0 amide bonds. The van der Waals surface area contributed by atoms with Crippen LogP contribution in [0.15, 0.2) is 53.6 Å². The molecule has 6 heteroatoms. The molecule has 1 aromatic heterocycles. The SMILES string of the molecule is CCCN(Cc1ccccc1)S(=O)(=O)c1ccnc(Cl)c1. The van der Waals surface area contributed by atoms with E-state index in [9.17, 15) is 8.42 Å². The molecule has 112 valence electrons. The Labute approximate surface area is 130 Å². The van der Waals surface area contributed by atoms with Gasteiger partial charge in [0.1, 0.15) is 5.15 Å². The number of hydrogen-bond acceptors (Lipinski definition) is 3. The first kappa shape index (κ1) is 15.9. The van der Waals surface area contributed by atoms with E-state index in [0.29, 0.717) is 13.1 Å². The first-order valence-electron chi connectivity index (χ1n) is 6.69. The summed E-state index contributed by atoms with van der Waals surface area (Å²) in [6.45, 7) is 2.75. The number of aromatic nitrogens is 1. The van der Waals surface area contributed by atoms with Crippen LogP contribution < -0.4 is 0 Å². The Balaban J connectivity index is 2.32. The summed E-state index contributed by atoms with van der Waals surface area (Å²) >= 11 is 5.80. The Kier molecular flexibility index (Phi) is 5.33. The van der Waals surface area contributed by atoms with Gasteiger partial charge in [-0.1, -0.05) is 48.9 Å². The Morgan fingerprint density at radius 1 is 1.19 bits per heavy atom. The zero-order valence-corrected chi connectivity index (χ0v) is 13.3. The van der Waals surface area contributed by atoms with Gasteiger partial charge in [-0.15, -0.1) is 0 Å². The van der Waals surface area contributed by atoms with Gasteiger partial charge in [-0.05, 0) is 24.1 Å². The average Bonchev–Trinajstić information content (AvgIpc) is 2.48. The predicted octanol–water partition coefficient (Wildman–Crippen LogP) is 3.34. The van der Waals surface area contributed by atoms with Crippen LogP contribution in [0.3, 0.4) is 0 Å². The van der Waals surface area contributed by atoms with Crippen LogP contribution in [-0.4, -0.2) is 24.3 Å². The Morgan fingerprint density at radius 2 is 1.90 bits per heavy atom. The molecule has 0 fully saturated rings. The van der Waals surface area contributed by atoms with Gasteiger partial charge in [0.25, 0.3) is 0 Å². The van der Waals surface area contributed by atoms with E-state index in [0.717, 1.165) is 12.0 Å². The van der Waals surface area contributed by atoms with E-state index in [1.807, 2.05) is 37.3 Å². The van der Waals surface area contributed by atoms with Gasteiger partial charge >= 0.3 is 0 Å². The van der Waals surface area contributed by atoms with Gasteiger partial charge < -0.3 is 0 Å². The standard InChI is InChI=1S/C15H17ClN2O2S/c1-2-10-18(12-13-6-4-3-5-7-13)21(19,20)14-8-9-17-15(16)11-14/h3-9,11H,2,10,12H2,1H3. The molecule has 2 aromatic rings. The summed E-state index contributed by atoms with van der Waals surface area (Å²) in [6, 6.07) is 12.4. The van der Waals surface area contributed by atoms with E-state index < -0.39 is 10.0 Å². The van der Waals surface area contributed by atoms with Crippen LogP contribution >= 0.6 is 11.6 Å². The summed E-state index contributed by atoms with van der Waals surface area (Å²) < 4.78 is 26.9. The van der Waals surface area contributed by atoms with Crippen molar-refractivity contribution >= 4 is 21.6 Å². The topological polar surface area (TPSA) is 50.3 Å². The maximum Gasteiger partial charge on any atom is 0.243 e. The maximum absolute atomic E-state index is 12.7. The molecule has 1 aromatic carbocycles. The van der Waals surface area contributed by atoms with Gasteiger partial charge in [-0.2, -0.15) is 4.31 Å². The highest BCUT2D eigenvalue weighted by Gasteiger charge is 2.24. The molecule has 4 nitrogen and oxygen atoms in total. The summed E-state index contributed by atoms with van der Waals surface area (Å²) in [7, 11) is -3.58. The number of pyridine rings is 1. The zero-order valence-electron chi connectivity index (χ0n) is 11.7. The lowest BCUT2D eigenvalue weighted by molar-refractivity contribution is 0.405. The molecule has 0 N–H and O–H groups in total. The molecule has 0 aliphatic heterocycles. The summed E-state index contributed by atoms with van der Waals surface area (Å²) in [5.41, 5.74) is 0.953. The van der Waals surface area contributed by atoms with E-state index in [4.69, 9.17) is 11.6 Å². The van der Waals surface area contributed by atoms with Crippen molar-refractivity contribution in [2.45, 2.75) is 24.8 Å². The molecular formula is C15H17ClN2O2S. The summed E-state index contributed by atoms with van der Waals surface area (Å²) in [4.78, 5) is 4.00. The van der Waals surface area contributed by atoms with Gasteiger partial charge in [0.05, 0.1) is 4.90 Å². The molecule has 21 heavy (non-hydrogen) atoms. The van der Waals surface area contributed by atoms with Crippen molar-refractivity contribution in [2.24, 2.45) is 0 Å². The lowest BCUT2D eigenvalue weighted by Crippen LogP contribution is -2.31. The highest BCUT2D eigenvalue weighted by atomic mass is 35.5. The third kappa shape index (κ3) is 4.03. The minimum Gasteiger partial charge on any atom is -0.244 e. The van der Waals surface area contributed by atoms with E-state index in [1.54, 1.807) is 0 Å². The Morgan fingerprint density at radius 3 is 2.52 bits per heavy atom. The van der Waals surface area contributed by atoms with Crippen LogP contribution in [0.5, 0.6) is 0 Å². The second-order valence-corrected chi connectivity index (χ2v) is 6.96. The molecule has 0 radical (unpaired) electrons. The largest absolute Gasteiger partial charge is 0.244 e. The van der Waals surface area contributed by atoms with Crippen molar-refractivity contribution in [1.82, 2.24) is 9.29 Å². The van der Waals surface area contributed by atoms with Crippen LogP contribution in [-0.2, 0) is 16.6 Å². The maximum atomic E-state index is 12.7. The normalized spacial score (nSPS) is 11.8. The van der Waals surface area contributed by atoms with Gasteiger partial charge in [-0.3, -0.25) is 0 Å². The van der Waals surface area contributed by atoms with Gasteiger partial charge in [0, 0.05) is 19.3 Å². The zero-order chi connectivity index (χ0) is 15.3. The first-order chi connectivity index (χ1) is 10.0. The Hall–Kier alpha value is -1.43. The molecule has 0 unspecified atom stereocenters. The van der Waals surface area contributed by atoms with Crippen molar-refractivity contribution in [3.8, 4) is 0 Å². The molecule has 0 spiro atoms. The number of halogens is 1. The fourth-order valence-electron chi connectivity index (χ4n) is 2.01. The lowest BCUT2D eigenvalue weighted by Gasteiger charge is -2.21. The highest BCUT2D eigenvalue weighted by Crippen LogP contribution is 2.20. The molecule has 0 bridgehead atoms. The quantitative estimate of drug-likeness (QED) is 0.766. The van der Waals surface area contributed by atoms with E-state index in [-0.39, 0.29) is 10.0 Å². The van der Waals surface area contributed by atoms with Crippen LogP contribution in [0.4, 0.5) is 0 Å². The van der Waals surface area contributed by atoms with Crippen molar-refractivity contribution in [2.75, 3.05) is 6.54 Å². The molecular weight excluding hydrogens is 308 g/mol. The van der Waals surface area contributed by atoms with Crippen molar-refractivity contribution < 1.29 is 8.42 Å². The second-order valence-electron chi connectivity index (χ2n) is 4.64. The van der Waals surface area contributed by atoms with Crippen LogP contribution in [0.1, 0.15) is 18.9 Å². The summed E-state index contributed by atoms with van der Waals surface area (Å²) in [5.74, 6) is 0. The average molecular weight is 325 g/mol. The van der Waals surface area contributed by atoms with Crippen LogP contribution in [0, 0.1) is 0 Å². The number of rotatable bonds is 6. The minimum atomic E-state index is -3.58. The van der Waals surface area contributed by atoms with E-state index in [1.165, 1.54) is 22.6 Å². The molecule has 2 rings (SSSR count). The highest BCUT2D eigenvalue weighted by molar-refractivity contribution is 7.89. The molecule has 0 saturated heterocycles. The van der Waals surface area contributed by atoms with Crippen LogP contribution in [0.2, 0.25) is 5.15 Å². The van der Waals surface area contributed by atoms with Crippen molar-refractivity contribution in [3.05, 3.63) is 59.4 Å². The van der Waals surface area contributed by atoms with Crippen LogP contribution in [0.25, 0.3) is 0 Å². The smallest absolute Gasteiger partial charge is 0.243 e. The predicted molar refractivity (Wildman–Crippen MR) is 83.6 cm³/mol. The second kappa shape index (κ2) is 7.02. The van der Waals surface area contributed by atoms with Gasteiger partial charge in [0.15, 0.2) is 0 Å². The molecule has 0 aliphatic rings. The number of sulfonamides is 1. The number of benzene rings is 1. The summed E-state index contributed by atoms with van der Waals surface area (Å²) in [6.07, 6.45) is 2.15. The summed E-state index contributed by atoms with van der Waals surface area (Å²) in [5, 5.41) is 0.173. The van der Waals surface area contributed by atoms with E-state index in [2.05, 4.69) is 4.98 Å². The minimum absolute atomic E-state index is 0.173. The molecule has 0 aliphatic carbocycles. The third-order valence-electron chi connectivity index (χ3n) is 3.01. The fourth-order valence-corrected chi connectivity index (χ4v) is 3.79. The third-order valence-corrected chi connectivity index (χ3v) is 5.06. The Bertz CT molecular complexity index is 690. The first-order valence-corrected chi connectivity index (χ1v) is 8.51. The monoisotopic (exact) mass is 324 g/mol. The number of nitrogens with zero attached hydrogens (tertiary/aromatic N) is 2. The van der Waals surface area contributed by atoms with Crippen molar-refractivity contribution in [3.63, 3.8) is 0 Å². The molecule has 0 atom stereocenters. The molecule has 0 saturated carbocycles. The van der Waals surface area contributed by atoms with Gasteiger partial charge in [-0.25, -0.2) is 13.4 Å². The van der Waals surface area contributed by atoms with Gasteiger partial charge in [0.2, 0.25) is 10.0 Å². The molecule has 1 heterocycles. The fraction of sp³-hybridized carbons (Fsp3) is 0.267. The van der Waals surface area contributed by atoms with E-state index >= 15 is 0 Å².